The average molecular weight is 273 g/mol. The highest BCUT2D eigenvalue weighted by molar-refractivity contribution is 6.32. The third-order valence-corrected chi connectivity index (χ3v) is 2.68. The van der Waals surface area contributed by atoms with Crippen molar-refractivity contribution in [2.75, 3.05) is 20.0 Å². The summed E-state index contributed by atoms with van der Waals surface area (Å²) in [7, 11) is 2.79. The van der Waals surface area contributed by atoms with Gasteiger partial charge in [-0.25, -0.2) is 4.39 Å². The van der Waals surface area contributed by atoms with Crippen molar-refractivity contribution in [1.82, 2.24) is 5.16 Å². The molecule has 0 unspecified atom stereocenters. The number of aromatic nitrogens is 1. The Morgan fingerprint density at radius 3 is 2.56 bits per heavy atom. The first-order valence-electron chi connectivity index (χ1n) is 4.91. The van der Waals surface area contributed by atoms with Crippen molar-refractivity contribution in [3.8, 4) is 22.8 Å². The molecule has 0 aliphatic carbocycles. The predicted octanol–water partition coefficient (Wildman–Crippen LogP) is 2.73. The van der Waals surface area contributed by atoms with Crippen LogP contribution in [-0.2, 0) is 0 Å². The van der Waals surface area contributed by atoms with Crippen LogP contribution in [0.2, 0.25) is 5.02 Å². The van der Waals surface area contributed by atoms with E-state index in [1.54, 1.807) is 0 Å². The zero-order chi connectivity index (χ0) is 13.3. The molecule has 2 rings (SSSR count). The number of halogens is 2. The van der Waals surface area contributed by atoms with E-state index in [9.17, 15) is 4.39 Å². The minimum atomic E-state index is -0.689. The fraction of sp³-hybridized carbons (Fsp3) is 0.182. The molecular formula is C11H10ClFN2O3. The number of ether oxygens (including phenoxy) is 2. The first-order chi connectivity index (χ1) is 8.58. The number of methoxy groups -OCH3 is 2. The molecule has 0 spiro atoms. The molecule has 2 N–H and O–H groups in total. The summed E-state index contributed by atoms with van der Waals surface area (Å²) in [6.07, 6.45) is 0. The average Bonchev–Trinajstić information content (AvgIpc) is 2.78. The maximum absolute atomic E-state index is 14.1. The first kappa shape index (κ1) is 12.5. The molecule has 0 bridgehead atoms. The lowest BCUT2D eigenvalue weighted by Gasteiger charge is -2.11. The Balaban J connectivity index is 2.65. The first-order valence-corrected chi connectivity index (χ1v) is 5.28. The SMILES string of the molecule is COc1cc(-c2cc(N)no2)c(F)c(Cl)c1OC. The number of nitrogens with zero attached hydrogens (tertiary/aromatic N) is 1. The summed E-state index contributed by atoms with van der Waals surface area (Å²) in [4.78, 5) is 0. The Hall–Kier alpha value is -1.95. The van der Waals surface area contributed by atoms with Gasteiger partial charge < -0.3 is 19.7 Å². The van der Waals surface area contributed by atoms with Gasteiger partial charge in [-0.2, -0.15) is 0 Å². The van der Waals surface area contributed by atoms with Crippen molar-refractivity contribution in [3.63, 3.8) is 0 Å². The third kappa shape index (κ3) is 1.95. The molecule has 5 nitrogen and oxygen atoms in total. The van der Waals surface area contributed by atoms with Crippen molar-refractivity contribution in [1.29, 1.82) is 0 Å². The summed E-state index contributed by atoms with van der Waals surface area (Å²) in [6.45, 7) is 0. The zero-order valence-corrected chi connectivity index (χ0v) is 10.4. The second kappa shape index (κ2) is 4.73. The molecule has 0 saturated heterocycles. The predicted molar refractivity (Wildman–Crippen MR) is 64.4 cm³/mol. The Morgan fingerprint density at radius 2 is 2.06 bits per heavy atom. The topological polar surface area (TPSA) is 70.5 Å². The molecule has 0 saturated carbocycles. The van der Waals surface area contributed by atoms with Gasteiger partial charge in [0.15, 0.2) is 28.9 Å². The molecule has 18 heavy (non-hydrogen) atoms. The Morgan fingerprint density at radius 1 is 1.33 bits per heavy atom. The van der Waals surface area contributed by atoms with Crippen LogP contribution < -0.4 is 15.2 Å². The van der Waals surface area contributed by atoms with Gasteiger partial charge >= 0.3 is 0 Å². The minimum Gasteiger partial charge on any atom is -0.493 e. The molecule has 1 aromatic heterocycles. The summed E-state index contributed by atoms with van der Waals surface area (Å²) in [6, 6.07) is 2.79. The molecule has 0 amide bonds. The highest BCUT2D eigenvalue weighted by Gasteiger charge is 2.21. The van der Waals surface area contributed by atoms with Gasteiger partial charge in [0.1, 0.15) is 5.02 Å². The van der Waals surface area contributed by atoms with Gasteiger partial charge in [-0.1, -0.05) is 16.8 Å². The number of nitrogen functional groups attached to an aromatic ring is 1. The molecule has 0 radical (unpaired) electrons. The molecule has 7 heteroatoms. The lowest BCUT2D eigenvalue weighted by molar-refractivity contribution is 0.352. The van der Waals surface area contributed by atoms with Crippen LogP contribution >= 0.6 is 11.6 Å². The summed E-state index contributed by atoms with van der Waals surface area (Å²) in [5.41, 5.74) is 5.51. The van der Waals surface area contributed by atoms with Gasteiger partial charge in [-0.15, -0.1) is 0 Å². The highest BCUT2D eigenvalue weighted by atomic mass is 35.5. The lowest BCUT2D eigenvalue weighted by Crippen LogP contribution is -1.95. The summed E-state index contributed by atoms with van der Waals surface area (Å²) < 4.78 is 29.0. The molecule has 1 aromatic carbocycles. The van der Waals surface area contributed by atoms with Gasteiger partial charge in [0, 0.05) is 6.07 Å². The molecule has 2 aromatic rings. The fourth-order valence-electron chi connectivity index (χ4n) is 1.52. The van der Waals surface area contributed by atoms with Crippen LogP contribution in [0.25, 0.3) is 11.3 Å². The number of nitrogens with two attached hydrogens (primary N) is 1. The van der Waals surface area contributed by atoms with E-state index in [-0.39, 0.29) is 33.7 Å². The van der Waals surface area contributed by atoms with Crippen molar-refractivity contribution < 1.29 is 18.4 Å². The van der Waals surface area contributed by atoms with Crippen LogP contribution in [0.5, 0.6) is 11.5 Å². The molecule has 0 fully saturated rings. The van der Waals surface area contributed by atoms with E-state index in [0.717, 1.165) is 0 Å². The molecule has 0 atom stereocenters. The van der Waals surface area contributed by atoms with Crippen LogP contribution in [0.3, 0.4) is 0 Å². The van der Waals surface area contributed by atoms with Crippen molar-refractivity contribution in [2.45, 2.75) is 0 Å². The number of rotatable bonds is 3. The Bertz CT molecular complexity index is 586. The minimum absolute atomic E-state index is 0.0989. The number of benzene rings is 1. The quantitative estimate of drug-likeness (QED) is 0.930. The normalized spacial score (nSPS) is 10.4. The lowest BCUT2D eigenvalue weighted by atomic mass is 10.1. The van der Waals surface area contributed by atoms with Gasteiger partial charge in [-0.05, 0) is 6.07 Å². The van der Waals surface area contributed by atoms with Gasteiger partial charge in [0.25, 0.3) is 0 Å². The van der Waals surface area contributed by atoms with E-state index in [0.29, 0.717) is 0 Å². The largest absolute Gasteiger partial charge is 0.493 e. The molecule has 0 aliphatic rings. The van der Waals surface area contributed by atoms with E-state index in [1.807, 2.05) is 0 Å². The second-order valence-electron chi connectivity index (χ2n) is 3.40. The third-order valence-electron chi connectivity index (χ3n) is 2.35. The molecule has 1 heterocycles. The van der Waals surface area contributed by atoms with E-state index in [1.165, 1.54) is 26.4 Å². The van der Waals surface area contributed by atoms with Gasteiger partial charge in [0.2, 0.25) is 0 Å². The maximum atomic E-state index is 14.1. The van der Waals surface area contributed by atoms with Gasteiger partial charge in [0.05, 0.1) is 19.8 Å². The summed E-state index contributed by atoms with van der Waals surface area (Å²) in [5.74, 6) is 0.0235. The van der Waals surface area contributed by atoms with Crippen LogP contribution in [0.15, 0.2) is 16.7 Å². The molecule has 0 aliphatic heterocycles. The zero-order valence-electron chi connectivity index (χ0n) is 9.66. The standard InChI is InChI=1S/C11H10ClFN2O3/c1-16-7-3-5(6-4-8(14)15-18-6)10(13)9(12)11(7)17-2/h3-4H,1-2H3,(H2,14,15). The number of anilines is 1. The van der Waals surface area contributed by atoms with Crippen molar-refractivity contribution >= 4 is 17.4 Å². The van der Waals surface area contributed by atoms with Crippen molar-refractivity contribution in [3.05, 3.63) is 23.0 Å². The van der Waals surface area contributed by atoms with E-state index >= 15 is 0 Å². The van der Waals surface area contributed by atoms with E-state index in [2.05, 4.69) is 5.16 Å². The Labute approximate surface area is 107 Å². The van der Waals surface area contributed by atoms with E-state index in [4.69, 9.17) is 31.3 Å². The summed E-state index contributed by atoms with van der Waals surface area (Å²) in [5, 5.41) is 3.29. The summed E-state index contributed by atoms with van der Waals surface area (Å²) >= 11 is 5.87. The highest BCUT2D eigenvalue weighted by Crippen LogP contribution is 2.42. The van der Waals surface area contributed by atoms with E-state index < -0.39 is 5.82 Å². The Kier molecular flexibility index (Phi) is 3.29. The van der Waals surface area contributed by atoms with Crippen LogP contribution in [0.1, 0.15) is 0 Å². The maximum Gasteiger partial charge on any atom is 0.182 e. The fourth-order valence-corrected chi connectivity index (χ4v) is 1.80. The molecule has 96 valence electrons. The number of hydrogen-bond acceptors (Lipinski definition) is 5. The van der Waals surface area contributed by atoms with Crippen molar-refractivity contribution in [2.24, 2.45) is 0 Å². The smallest absolute Gasteiger partial charge is 0.182 e. The van der Waals surface area contributed by atoms with Crippen LogP contribution in [0.4, 0.5) is 10.2 Å². The number of hydrogen-bond donors (Lipinski definition) is 1. The van der Waals surface area contributed by atoms with Crippen LogP contribution in [-0.4, -0.2) is 19.4 Å². The monoisotopic (exact) mass is 272 g/mol. The van der Waals surface area contributed by atoms with Gasteiger partial charge in [-0.3, -0.25) is 0 Å². The molecular weight excluding hydrogens is 263 g/mol. The second-order valence-corrected chi connectivity index (χ2v) is 3.78. The van der Waals surface area contributed by atoms with Crippen LogP contribution in [0, 0.1) is 5.82 Å².